The van der Waals surface area contributed by atoms with Gasteiger partial charge in [0.1, 0.15) is 0 Å². The maximum Gasteiger partial charge on any atom is -0.00109 e. The molecule has 0 bridgehead atoms. The first kappa shape index (κ1) is 13.9. The molecule has 1 unspecified atom stereocenters. The highest BCUT2D eigenvalue weighted by Crippen LogP contribution is 2.16. The smallest absolute Gasteiger partial charge is 0.00109 e. The van der Waals surface area contributed by atoms with E-state index in [1.807, 2.05) is 26.8 Å². The van der Waals surface area contributed by atoms with Crippen molar-refractivity contribution in [2.24, 2.45) is 11.7 Å². The molecule has 0 aromatic rings. The number of rotatable bonds is 3. The van der Waals surface area contributed by atoms with E-state index in [2.05, 4.69) is 30.9 Å². The lowest BCUT2D eigenvalue weighted by Gasteiger charge is -2.12. The average molecular weight is 205 g/mol. The molecule has 0 aliphatic heterocycles. The van der Waals surface area contributed by atoms with Gasteiger partial charge in [0, 0.05) is 0 Å². The van der Waals surface area contributed by atoms with Crippen LogP contribution in [0.25, 0.3) is 0 Å². The summed E-state index contributed by atoms with van der Waals surface area (Å²) >= 11 is 0. The van der Waals surface area contributed by atoms with E-state index in [0.717, 1.165) is 18.5 Å². The van der Waals surface area contributed by atoms with Crippen molar-refractivity contribution in [1.82, 2.24) is 0 Å². The molecule has 15 heavy (non-hydrogen) atoms. The first-order valence-electron chi connectivity index (χ1n) is 5.64. The van der Waals surface area contributed by atoms with Crippen LogP contribution >= 0.6 is 0 Å². The molecule has 84 valence electrons. The van der Waals surface area contributed by atoms with Gasteiger partial charge in [-0.05, 0) is 31.4 Å². The fourth-order valence-electron chi connectivity index (χ4n) is 1.29. The minimum Gasteiger partial charge on any atom is -0.330 e. The maximum atomic E-state index is 5.60. The van der Waals surface area contributed by atoms with Crippen molar-refractivity contribution in [2.75, 3.05) is 6.54 Å². The zero-order chi connectivity index (χ0) is 11.7. The summed E-state index contributed by atoms with van der Waals surface area (Å²) in [7, 11) is 0. The third kappa shape index (κ3) is 6.08. The molecule has 0 saturated heterocycles. The average Bonchev–Trinajstić information content (AvgIpc) is 2.29. The lowest BCUT2D eigenvalue weighted by Crippen LogP contribution is -2.13. The molecular formula is C14H23N. The Morgan fingerprint density at radius 3 is 2.80 bits per heavy atom. The summed E-state index contributed by atoms with van der Waals surface area (Å²) in [5.74, 6) is 0.509. The van der Waals surface area contributed by atoms with Crippen LogP contribution in [0.15, 0.2) is 48.1 Å². The van der Waals surface area contributed by atoms with Crippen LogP contribution in [0.3, 0.4) is 0 Å². The van der Waals surface area contributed by atoms with Gasteiger partial charge < -0.3 is 5.73 Å². The van der Waals surface area contributed by atoms with E-state index in [1.165, 1.54) is 5.57 Å². The molecule has 0 fully saturated rings. The van der Waals surface area contributed by atoms with Gasteiger partial charge in [0.25, 0.3) is 0 Å². The van der Waals surface area contributed by atoms with E-state index in [0.29, 0.717) is 5.92 Å². The van der Waals surface area contributed by atoms with Crippen LogP contribution in [-0.2, 0) is 0 Å². The van der Waals surface area contributed by atoms with E-state index in [4.69, 9.17) is 5.73 Å². The van der Waals surface area contributed by atoms with E-state index < -0.39 is 0 Å². The molecule has 0 heterocycles. The second-order valence-electron chi connectivity index (χ2n) is 3.48. The number of hydrogen-bond acceptors (Lipinski definition) is 1. The maximum absolute atomic E-state index is 5.60. The lowest BCUT2D eigenvalue weighted by atomic mass is 9.96. The van der Waals surface area contributed by atoms with Crippen molar-refractivity contribution in [2.45, 2.75) is 27.2 Å². The lowest BCUT2D eigenvalue weighted by molar-refractivity contribution is 0.666. The summed E-state index contributed by atoms with van der Waals surface area (Å²) in [6, 6.07) is 0. The fourth-order valence-corrected chi connectivity index (χ4v) is 1.29. The highest BCUT2D eigenvalue weighted by atomic mass is 14.5. The summed E-state index contributed by atoms with van der Waals surface area (Å²) < 4.78 is 0. The topological polar surface area (TPSA) is 26.0 Å². The first-order valence-corrected chi connectivity index (χ1v) is 5.64. The standard InChI is InChI=1S/C12H17N.C2H6/c1-10(2)6-7-11-4-3-5-12(8-11)9-13;1-2/h3-4,6-8,12H,1,5,9,13H2,2H3;1-2H3/b7-6+;. The van der Waals surface area contributed by atoms with E-state index >= 15 is 0 Å². The second kappa shape index (κ2) is 8.25. The SMILES string of the molecule is C=C(C)/C=C/C1=CC(CN)CC=C1.CC. The monoisotopic (exact) mass is 205 g/mol. The van der Waals surface area contributed by atoms with E-state index in [9.17, 15) is 0 Å². The van der Waals surface area contributed by atoms with Gasteiger partial charge in [-0.2, -0.15) is 0 Å². The van der Waals surface area contributed by atoms with Crippen molar-refractivity contribution >= 4 is 0 Å². The highest BCUT2D eigenvalue weighted by molar-refractivity contribution is 5.36. The number of nitrogens with two attached hydrogens (primary N) is 1. The molecule has 1 rings (SSSR count). The Morgan fingerprint density at radius 1 is 1.60 bits per heavy atom. The first-order chi connectivity index (χ1) is 7.22. The predicted octanol–water partition coefficient (Wildman–Crippen LogP) is 3.61. The van der Waals surface area contributed by atoms with Crippen LogP contribution in [-0.4, -0.2) is 6.54 Å². The summed E-state index contributed by atoms with van der Waals surface area (Å²) in [6.07, 6.45) is 11.7. The Morgan fingerprint density at radius 2 is 2.27 bits per heavy atom. The molecule has 2 N–H and O–H groups in total. The molecule has 1 aliphatic carbocycles. The van der Waals surface area contributed by atoms with Crippen molar-refractivity contribution in [3.8, 4) is 0 Å². The van der Waals surface area contributed by atoms with Crippen LogP contribution in [0.4, 0.5) is 0 Å². The molecule has 1 atom stereocenters. The van der Waals surface area contributed by atoms with E-state index in [-0.39, 0.29) is 0 Å². The molecule has 0 aromatic carbocycles. The predicted molar refractivity (Wildman–Crippen MR) is 69.7 cm³/mol. The minimum atomic E-state index is 0.509. The van der Waals surface area contributed by atoms with Gasteiger partial charge in [0.05, 0.1) is 0 Å². The fraction of sp³-hybridized carbons (Fsp3) is 0.429. The Bertz CT molecular complexity index is 269. The third-order valence-electron chi connectivity index (χ3n) is 2.04. The van der Waals surface area contributed by atoms with Crippen LogP contribution < -0.4 is 5.73 Å². The van der Waals surface area contributed by atoms with Crippen LogP contribution in [0.1, 0.15) is 27.2 Å². The van der Waals surface area contributed by atoms with Gasteiger partial charge in [-0.1, -0.05) is 56.4 Å². The second-order valence-corrected chi connectivity index (χ2v) is 3.48. The Kier molecular flexibility index (Phi) is 7.65. The van der Waals surface area contributed by atoms with Crippen molar-refractivity contribution in [3.63, 3.8) is 0 Å². The number of hydrogen-bond donors (Lipinski definition) is 1. The minimum absolute atomic E-state index is 0.509. The molecule has 1 heteroatoms. The van der Waals surface area contributed by atoms with Gasteiger partial charge in [-0.3, -0.25) is 0 Å². The Balaban J connectivity index is 0.000000921. The van der Waals surface area contributed by atoms with Crippen LogP contribution in [0, 0.1) is 5.92 Å². The summed E-state index contributed by atoms with van der Waals surface area (Å²) in [5, 5.41) is 0. The summed E-state index contributed by atoms with van der Waals surface area (Å²) in [4.78, 5) is 0. The largest absolute Gasteiger partial charge is 0.330 e. The van der Waals surface area contributed by atoms with Gasteiger partial charge >= 0.3 is 0 Å². The highest BCUT2D eigenvalue weighted by Gasteiger charge is 2.04. The van der Waals surface area contributed by atoms with Crippen LogP contribution in [0.2, 0.25) is 0 Å². The quantitative estimate of drug-likeness (QED) is 0.700. The Labute approximate surface area is 94.1 Å². The molecule has 0 aromatic heterocycles. The Hall–Kier alpha value is -1.08. The number of allylic oxidation sites excluding steroid dienone is 6. The van der Waals surface area contributed by atoms with Crippen molar-refractivity contribution < 1.29 is 0 Å². The molecular weight excluding hydrogens is 182 g/mol. The zero-order valence-electron chi connectivity index (χ0n) is 10.2. The molecule has 0 spiro atoms. The molecule has 1 aliphatic rings. The molecule has 0 saturated carbocycles. The van der Waals surface area contributed by atoms with E-state index in [1.54, 1.807) is 0 Å². The summed E-state index contributed by atoms with van der Waals surface area (Å²) in [6.45, 7) is 10.5. The van der Waals surface area contributed by atoms with Crippen LogP contribution in [0.5, 0.6) is 0 Å². The van der Waals surface area contributed by atoms with Crippen molar-refractivity contribution in [3.05, 3.63) is 48.1 Å². The van der Waals surface area contributed by atoms with Gasteiger partial charge in [-0.15, -0.1) is 0 Å². The van der Waals surface area contributed by atoms with Gasteiger partial charge in [0.15, 0.2) is 0 Å². The van der Waals surface area contributed by atoms with Gasteiger partial charge in [-0.25, -0.2) is 0 Å². The zero-order valence-corrected chi connectivity index (χ0v) is 10.2. The molecule has 1 nitrogen and oxygen atoms in total. The van der Waals surface area contributed by atoms with Crippen molar-refractivity contribution in [1.29, 1.82) is 0 Å². The third-order valence-corrected chi connectivity index (χ3v) is 2.04. The molecule has 0 radical (unpaired) electrons. The normalized spacial score (nSPS) is 19.5. The summed E-state index contributed by atoms with van der Waals surface area (Å²) in [5.41, 5.74) is 7.92. The van der Waals surface area contributed by atoms with Gasteiger partial charge in [0.2, 0.25) is 0 Å². The molecule has 0 amide bonds.